The number of carbonyl (C=O) groups excluding carboxylic acids is 1. The molecule has 0 aliphatic carbocycles. The molecular formula is C21H21ClN2O3. The van der Waals surface area contributed by atoms with Crippen LogP contribution in [0.25, 0.3) is 0 Å². The van der Waals surface area contributed by atoms with Gasteiger partial charge in [0.25, 0.3) is 0 Å². The molecule has 5 nitrogen and oxygen atoms in total. The molecule has 0 unspecified atom stereocenters. The number of hydrogen-bond donors (Lipinski definition) is 1. The zero-order valence-corrected chi connectivity index (χ0v) is 15.9. The van der Waals surface area contributed by atoms with E-state index < -0.39 is 0 Å². The lowest BCUT2D eigenvalue weighted by Crippen LogP contribution is -2.33. The van der Waals surface area contributed by atoms with Crippen molar-refractivity contribution in [2.75, 3.05) is 26.8 Å². The Balaban J connectivity index is 1.70. The standard InChI is InChI=1S/C21H21ClN2O3/c1-26-20-5-2-14(12-23)8-17(20)10-18(25)9-15-3-4-16(11-19(15)22)21-13-24-6-7-27-21/h2-5,8,11,21,24H,6-7,9-10,13H2,1H3/t21-/m0/s1. The Morgan fingerprint density at radius 1 is 1.30 bits per heavy atom. The summed E-state index contributed by atoms with van der Waals surface area (Å²) in [7, 11) is 1.55. The molecule has 0 bridgehead atoms. The zero-order chi connectivity index (χ0) is 19.2. The first-order chi connectivity index (χ1) is 13.1. The number of nitriles is 1. The SMILES string of the molecule is COc1ccc(C#N)cc1CC(=O)Cc1ccc([C@@H]2CNCCO2)cc1Cl. The van der Waals surface area contributed by atoms with Gasteiger partial charge in [-0.25, -0.2) is 0 Å². The van der Waals surface area contributed by atoms with Gasteiger partial charge in [-0.2, -0.15) is 5.26 Å². The summed E-state index contributed by atoms with van der Waals surface area (Å²) in [6.45, 7) is 2.28. The van der Waals surface area contributed by atoms with Gasteiger partial charge in [-0.05, 0) is 35.4 Å². The molecule has 1 aliphatic rings. The van der Waals surface area contributed by atoms with E-state index in [0.717, 1.165) is 24.2 Å². The number of ketones is 1. The molecule has 0 aromatic heterocycles. The van der Waals surface area contributed by atoms with Crippen LogP contribution in [0.2, 0.25) is 5.02 Å². The smallest absolute Gasteiger partial charge is 0.141 e. The summed E-state index contributed by atoms with van der Waals surface area (Å²) in [5.74, 6) is 0.611. The molecule has 140 valence electrons. The maximum atomic E-state index is 12.6. The number of hydrogen-bond acceptors (Lipinski definition) is 5. The van der Waals surface area contributed by atoms with Gasteiger partial charge in [0.1, 0.15) is 11.5 Å². The number of methoxy groups -OCH3 is 1. The van der Waals surface area contributed by atoms with Crippen LogP contribution in [-0.4, -0.2) is 32.6 Å². The maximum Gasteiger partial charge on any atom is 0.141 e. The van der Waals surface area contributed by atoms with Crippen molar-refractivity contribution >= 4 is 17.4 Å². The van der Waals surface area contributed by atoms with Gasteiger partial charge in [-0.3, -0.25) is 4.79 Å². The second-order valence-corrected chi connectivity index (χ2v) is 6.85. The molecule has 0 spiro atoms. The van der Waals surface area contributed by atoms with Crippen molar-refractivity contribution in [3.8, 4) is 11.8 Å². The van der Waals surface area contributed by atoms with E-state index in [9.17, 15) is 4.79 Å². The Morgan fingerprint density at radius 2 is 2.11 bits per heavy atom. The zero-order valence-electron chi connectivity index (χ0n) is 15.1. The number of ether oxygens (including phenoxy) is 2. The highest BCUT2D eigenvalue weighted by molar-refractivity contribution is 6.31. The highest BCUT2D eigenvalue weighted by atomic mass is 35.5. The number of rotatable bonds is 6. The van der Waals surface area contributed by atoms with E-state index in [0.29, 0.717) is 28.5 Å². The van der Waals surface area contributed by atoms with Crippen LogP contribution >= 0.6 is 11.6 Å². The van der Waals surface area contributed by atoms with Crippen LogP contribution in [-0.2, 0) is 22.4 Å². The van der Waals surface area contributed by atoms with Crippen molar-refractivity contribution in [1.29, 1.82) is 5.26 Å². The molecule has 1 fully saturated rings. The summed E-state index contributed by atoms with van der Waals surface area (Å²) in [5, 5.41) is 12.9. The van der Waals surface area contributed by atoms with Gasteiger partial charge in [-0.15, -0.1) is 0 Å². The van der Waals surface area contributed by atoms with Gasteiger partial charge in [0.2, 0.25) is 0 Å². The second-order valence-electron chi connectivity index (χ2n) is 6.45. The van der Waals surface area contributed by atoms with Crippen LogP contribution < -0.4 is 10.1 Å². The molecule has 1 N–H and O–H groups in total. The third kappa shape index (κ3) is 4.86. The fraction of sp³-hybridized carbons (Fsp3) is 0.333. The molecule has 0 amide bonds. The van der Waals surface area contributed by atoms with E-state index in [4.69, 9.17) is 26.3 Å². The summed E-state index contributed by atoms with van der Waals surface area (Å²) in [5.41, 5.74) is 2.99. The van der Waals surface area contributed by atoms with Crippen LogP contribution in [0.4, 0.5) is 0 Å². The van der Waals surface area contributed by atoms with E-state index in [1.54, 1.807) is 25.3 Å². The van der Waals surface area contributed by atoms with Crippen LogP contribution in [0.1, 0.15) is 28.4 Å². The summed E-state index contributed by atoms with van der Waals surface area (Å²) in [4.78, 5) is 12.6. The molecule has 1 heterocycles. The van der Waals surface area contributed by atoms with E-state index in [-0.39, 0.29) is 24.7 Å². The Hall–Kier alpha value is -2.39. The Kier molecular flexibility index (Phi) is 6.46. The monoisotopic (exact) mass is 384 g/mol. The third-order valence-corrected chi connectivity index (χ3v) is 4.91. The Morgan fingerprint density at radius 3 is 2.78 bits per heavy atom. The van der Waals surface area contributed by atoms with Crippen molar-refractivity contribution < 1.29 is 14.3 Å². The molecule has 0 saturated carbocycles. The molecule has 3 rings (SSSR count). The van der Waals surface area contributed by atoms with Crippen molar-refractivity contribution in [3.63, 3.8) is 0 Å². The number of Topliss-reactive ketones (excluding diaryl/α,β-unsaturated/α-hetero) is 1. The molecule has 1 saturated heterocycles. The number of morpholine rings is 1. The lowest BCUT2D eigenvalue weighted by Gasteiger charge is -2.24. The quantitative estimate of drug-likeness (QED) is 0.827. The first-order valence-corrected chi connectivity index (χ1v) is 9.18. The minimum atomic E-state index is -0.0148. The van der Waals surface area contributed by atoms with Crippen molar-refractivity contribution in [2.24, 2.45) is 0 Å². The van der Waals surface area contributed by atoms with Crippen molar-refractivity contribution in [2.45, 2.75) is 18.9 Å². The Bertz CT molecular complexity index is 870. The number of nitrogens with one attached hydrogen (secondary N) is 1. The summed E-state index contributed by atoms with van der Waals surface area (Å²) in [6.07, 6.45) is 0.397. The highest BCUT2D eigenvalue weighted by Gasteiger charge is 2.18. The van der Waals surface area contributed by atoms with Crippen LogP contribution in [0, 0.1) is 11.3 Å². The van der Waals surface area contributed by atoms with Crippen LogP contribution in [0.5, 0.6) is 5.75 Å². The summed E-state index contributed by atoms with van der Waals surface area (Å²) in [6, 6.07) is 12.9. The van der Waals surface area contributed by atoms with E-state index in [1.807, 2.05) is 18.2 Å². The van der Waals surface area contributed by atoms with Gasteiger partial charge < -0.3 is 14.8 Å². The lowest BCUT2D eigenvalue weighted by molar-refractivity contribution is -0.117. The van der Waals surface area contributed by atoms with Crippen LogP contribution in [0.15, 0.2) is 36.4 Å². The molecule has 6 heteroatoms. The van der Waals surface area contributed by atoms with Gasteiger partial charge in [0, 0.05) is 36.5 Å². The van der Waals surface area contributed by atoms with E-state index in [1.165, 1.54) is 0 Å². The molecule has 1 atom stereocenters. The van der Waals surface area contributed by atoms with E-state index >= 15 is 0 Å². The van der Waals surface area contributed by atoms with Gasteiger partial charge >= 0.3 is 0 Å². The minimum Gasteiger partial charge on any atom is -0.496 e. The topological polar surface area (TPSA) is 71.3 Å². The largest absolute Gasteiger partial charge is 0.496 e. The average molecular weight is 385 g/mol. The summed E-state index contributed by atoms with van der Waals surface area (Å²) < 4.78 is 11.0. The predicted octanol–water partition coefficient (Wildman–Crippen LogP) is 3.24. The normalized spacial score (nSPS) is 16.6. The van der Waals surface area contributed by atoms with Crippen molar-refractivity contribution in [3.05, 3.63) is 63.7 Å². The number of benzene rings is 2. The Labute approximate surface area is 163 Å². The number of halogens is 1. The fourth-order valence-electron chi connectivity index (χ4n) is 3.16. The predicted molar refractivity (Wildman–Crippen MR) is 103 cm³/mol. The van der Waals surface area contributed by atoms with Crippen molar-refractivity contribution in [1.82, 2.24) is 5.32 Å². The van der Waals surface area contributed by atoms with E-state index in [2.05, 4.69) is 11.4 Å². The average Bonchev–Trinajstić information content (AvgIpc) is 2.70. The number of carbonyl (C=O) groups is 1. The first-order valence-electron chi connectivity index (χ1n) is 8.80. The molecular weight excluding hydrogens is 364 g/mol. The molecule has 2 aromatic carbocycles. The summed E-state index contributed by atoms with van der Waals surface area (Å²) >= 11 is 6.41. The lowest BCUT2D eigenvalue weighted by atomic mass is 9.99. The molecule has 2 aromatic rings. The molecule has 0 radical (unpaired) electrons. The molecule has 1 aliphatic heterocycles. The second kappa shape index (κ2) is 9.01. The third-order valence-electron chi connectivity index (χ3n) is 4.56. The van der Waals surface area contributed by atoms with Crippen LogP contribution in [0.3, 0.4) is 0 Å². The van der Waals surface area contributed by atoms with Gasteiger partial charge in [0.05, 0.1) is 31.5 Å². The van der Waals surface area contributed by atoms with Gasteiger partial charge in [-0.1, -0.05) is 23.7 Å². The van der Waals surface area contributed by atoms with Gasteiger partial charge in [0.15, 0.2) is 0 Å². The first kappa shape index (κ1) is 19.4. The number of nitrogens with zero attached hydrogens (tertiary/aromatic N) is 1. The minimum absolute atomic E-state index is 0.00798. The maximum absolute atomic E-state index is 12.6. The molecule has 27 heavy (non-hydrogen) atoms. The highest BCUT2D eigenvalue weighted by Crippen LogP contribution is 2.26. The fourth-order valence-corrected chi connectivity index (χ4v) is 3.42.